The molecule has 3 unspecified atom stereocenters. The van der Waals surface area contributed by atoms with Crippen molar-refractivity contribution in [3.05, 3.63) is 34.0 Å². The second-order valence-electron chi connectivity index (χ2n) is 5.89. The molecule has 0 saturated heterocycles. The van der Waals surface area contributed by atoms with E-state index in [0.717, 1.165) is 18.3 Å². The topological polar surface area (TPSA) is 12.0 Å². The van der Waals surface area contributed by atoms with Crippen LogP contribution in [0.2, 0.25) is 0 Å². The van der Waals surface area contributed by atoms with Crippen molar-refractivity contribution >= 4 is 11.3 Å². The molecule has 1 nitrogen and oxygen atoms in total. The monoisotopic (exact) mass is 263 g/mol. The normalized spacial score (nSPS) is 25.8. The third-order valence-electron chi connectivity index (χ3n) is 3.73. The van der Waals surface area contributed by atoms with Crippen LogP contribution in [0.25, 0.3) is 0 Å². The van der Waals surface area contributed by atoms with Crippen molar-refractivity contribution in [2.45, 2.75) is 46.1 Å². The Hall–Kier alpha value is -0.600. The van der Waals surface area contributed by atoms with E-state index in [2.05, 4.69) is 49.7 Å². The van der Waals surface area contributed by atoms with E-state index in [0.29, 0.717) is 6.04 Å². The number of allylic oxidation sites excluding steroid dienone is 2. The summed E-state index contributed by atoms with van der Waals surface area (Å²) in [7, 11) is 0. The molecule has 0 radical (unpaired) electrons. The Morgan fingerprint density at radius 3 is 3.00 bits per heavy atom. The number of rotatable bonds is 5. The highest BCUT2D eigenvalue weighted by atomic mass is 32.1. The molecule has 1 aliphatic rings. The van der Waals surface area contributed by atoms with Crippen molar-refractivity contribution in [1.29, 1.82) is 0 Å². The molecular weight excluding hydrogens is 238 g/mol. The second kappa shape index (κ2) is 6.53. The van der Waals surface area contributed by atoms with E-state index in [9.17, 15) is 0 Å². The molecule has 0 bridgehead atoms. The summed E-state index contributed by atoms with van der Waals surface area (Å²) < 4.78 is 0. The van der Waals surface area contributed by atoms with Gasteiger partial charge in [0.25, 0.3) is 0 Å². The average Bonchev–Trinajstić information content (AvgIpc) is 2.78. The fraction of sp³-hybridized carbons (Fsp3) is 0.625. The van der Waals surface area contributed by atoms with Crippen molar-refractivity contribution in [1.82, 2.24) is 5.32 Å². The molecule has 0 spiro atoms. The lowest BCUT2D eigenvalue weighted by Crippen LogP contribution is -2.34. The van der Waals surface area contributed by atoms with Crippen LogP contribution >= 0.6 is 11.3 Å². The largest absolute Gasteiger partial charge is 0.314 e. The van der Waals surface area contributed by atoms with Gasteiger partial charge in [-0.2, -0.15) is 0 Å². The molecule has 1 aliphatic carbocycles. The molecule has 2 heteroatoms. The summed E-state index contributed by atoms with van der Waals surface area (Å²) in [5.74, 6) is 1.59. The summed E-state index contributed by atoms with van der Waals surface area (Å²) in [5, 5.41) is 5.88. The van der Waals surface area contributed by atoms with Crippen LogP contribution in [0.15, 0.2) is 29.2 Å². The lowest BCUT2D eigenvalue weighted by atomic mass is 9.83. The minimum Gasteiger partial charge on any atom is -0.314 e. The molecule has 0 saturated carbocycles. The number of hydrogen-bond donors (Lipinski definition) is 1. The van der Waals surface area contributed by atoms with Crippen LogP contribution in [0.5, 0.6) is 0 Å². The summed E-state index contributed by atoms with van der Waals surface area (Å²) in [6.07, 6.45) is 6.22. The highest BCUT2D eigenvalue weighted by Gasteiger charge is 2.18. The average molecular weight is 263 g/mol. The van der Waals surface area contributed by atoms with Crippen molar-refractivity contribution in [2.24, 2.45) is 11.8 Å². The van der Waals surface area contributed by atoms with E-state index >= 15 is 0 Å². The third-order valence-corrected chi connectivity index (χ3v) is 4.63. The molecule has 3 atom stereocenters. The first-order chi connectivity index (χ1) is 8.63. The highest BCUT2D eigenvalue weighted by molar-refractivity contribution is 7.09. The van der Waals surface area contributed by atoms with Gasteiger partial charge in [0.15, 0.2) is 0 Å². The zero-order chi connectivity index (χ0) is 13.0. The summed E-state index contributed by atoms with van der Waals surface area (Å²) >= 11 is 1.86. The Labute approximate surface area is 115 Å². The maximum absolute atomic E-state index is 3.71. The first kappa shape index (κ1) is 13.8. The van der Waals surface area contributed by atoms with Crippen LogP contribution in [0.3, 0.4) is 0 Å². The maximum atomic E-state index is 3.71. The highest BCUT2D eigenvalue weighted by Crippen LogP contribution is 2.27. The Morgan fingerprint density at radius 1 is 1.50 bits per heavy atom. The minimum absolute atomic E-state index is 0.588. The predicted molar refractivity (Wildman–Crippen MR) is 81.1 cm³/mol. The smallest absolute Gasteiger partial charge is 0.00871 e. The van der Waals surface area contributed by atoms with Crippen LogP contribution in [-0.4, -0.2) is 12.6 Å². The van der Waals surface area contributed by atoms with Gasteiger partial charge in [0.2, 0.25) is 0 Å². The summed E-state index contributed by atoms with van der Waals surface area (Å²) in [4.78, 5) is 1.49. The molecule has 0 fully saturated rings. The van der Waals surface area contributed by atoms with Gasteiger partial charge in [0.1, 0.15) is 0 Å². The fourth-order valence-electron chi connectivity index (χ4n) is 3.01. The van der Waals surface area contributed by atoms with Crippen LogP contribution in [0.4, 0.5) is 0 Å². The standard InChI is InChI=1S/C16H25NS/c1-12-7-13(2)9-15(8-12)11-17-14(3)10-16-5-4-6-18-16/h4-7,12,14-15,17H,8-11H2,1-3H3. The van der Waals surface area contributed by atoms with Gasteiger partial charge in [-0.25, -0.2) is 0 Å². The number of hydrogen-bond acceptors (Lipinski definition) is 2. The maximum Gasteiger partial charge on any atom is 0.00871 e. The quantitative estimate of drug-likeness (QED) is 0.783. The molecule has 1 N–H and O–H groups in total. The van der Waals surface area contributed by atoms with Crippen LogP contribution in [0, 0.1) is 11.8 Å². The Bertz CT molecular complexity index is 380. The number of thiophene rings is 1. The SMILES string of the molecule is CC1=CC(C)CC(CNC(C)Cc2cccs2)C1. The van der Waals surface area contributed by atoms with Crippen molar-refractivity contribution in [3.63, 3.8) is 0 Å². The zero-order valence-corrected chi connectivity index (χ0v) is 12.6. The molecule has 18 heavy (non-hydrogen) atoms. The van der Waals surface area contributed by atoms with Crippen molar-refractivity contribution in [3.8, 4) is 0 Å². The summed E-state index contributed by atoms with van der Waals surface area (Å²) in [5.41, 5.74) is 1.58. The van der Waals surface area contributed by atoms with E-state index in [-0.39, 0.29) is 0 Å². The van der Waals surface area contributed by atoms with Crippen molar-refractivity contribution < 1.29 is 0 Å². The van der Waals surface area contributed by atoms with Gasteiger partial charge in [-0.05, 0) is 62.9 Å². The van der Waals surface area contributed by atoms with Gasteiger partial charge in [0, 0.05) is 10.9 Å². The van der Waals surface area contributed by atoms with Gasteiger partial charge in [-0.1, -0.05) is 24.6 Å². The van der Waals surface area contributed by atoms with Crippen LogP contribution in [-0.2, 0) is 6.42 Å². The Kier molecular flexibility index (Phi) is 5.02. The lowest BCUT2D eigenvalue weighted by molar-refractivity contribution is 0.364. The van der Waals surface area contributed by atoms with Gasteiger partial charge in [-0.15, -0.1) is 11.3 Å². The van der Waals surface area contributed by atoms with Crippen molar-refractivity contribution in [2.75, 3.05) is 6.54 Å². The number of nitrogens with one attached hydrogen (secondary N) is 1. The van der Waals surface area contributed by atoms with Crippen LogP contribution < -0.4 is 5.32 Å². The predicted octanol–water partition coefficient (Wildman–Crippen LogP) is 4.26. The first-order valence-electron chi connectivity index (χ1n) is 7.06. The van der Waals surface area contributed by atoms with Gasteiger partial charge < -0.3 is 5.32 Å². The molecule has 2 rings (SSSR count). The van der Waals surface area contributed by atoms with E-state index in [1.165, 1.54) is 24.3 Å². The summed E-state index contributed by atoms with van der Waals surface area (Å²) in [6.45, 7) is 8.08. The van der Waals surface area contributed by atoms with Gasteiger partial charge in [-0.3, -0.25) is 0 Å². The van der Waals surface area contributed by atoms with E-state index < -0.39 is 0 Å². The lowest BCUT2D eigenvalue weighted by Gasteiger charge is -2.27. The van der Waals surface area contributed by atoms with Gasteiger partial charge >= 0.3 is 0 Å². The molecule has 0 aliphatic heterocycles. The third kappa shape index (κ3) is 4.25. The molecule has 1 aromatic rings. The molecule has 1 heterocycles. The zero-order valence-electron chi connectivity index (χ0n) is 11.8. The summed E-state index contributed by atoms with van der Waals surface area (Å²) in [6, 6.07) is 4.97. The Morgan fingerprint density at radius 2 is 2.33 bits per heavy atom. The fourth-order valence-corrected chi connectivity index (χ4v) is 3.85. The molecule has 100 valence electrons. The first-order valence-corrected chi connectivity index (χ1v) is 7.94. The van der Waals surface area contributed by atoms with E-state index in [4.69, 9.17) is 0 Å². The molecule has 0 amide bonds. The molecule has 1 aromatic heterocycles. The second-order valence-corrected chi connectivity index (χ2v) is 6.92. The molecular formula is C16H25NS. The van der Waals surface area contributed by atoms with Crippen LogP contribution in [0.1, 0.15) is 38.5 Å². The van der Waals surface area contributed by atoms with E-state index in [1.54, 1.807) is 5.57 Å². The molecule has 0 aromatic carbocycles. The Balaban J connectivity index is 1.73. The minimum atomic E-state index is 0.588. The van der Waals surface area contributed by atoms with E-state index in [1.807, 2.05) is 11.3 Å². The van der Waals surface area contributed by atoms with Gasteiger partial charge in [0.05, 0.1) is 0 Å².